The van der Waals surface area contributed by atoms with Gasteiger partial charge in [-0.2, -0.15) is 0 Å². The highest BCUT2D eigenvalue weighted by atomic mass is 19.1. The molecular weight excluding hydrogens is 229 g/mol. The van der Waals surface area contributed by atoms with E-state index in [0.29, 0.717) is 5.92 Å². The minimum atomic E-state index is -0.151. The summed E-state index contributed by atoms with van der Waals surface area (Å²) < 4.78 is 19.0. The Labute approximate surface area is 109 Å². The molecule has 3 heteroatoms. The second-order valence-corrected chi connectivity index (χ2v) is 5.61. The summed E-state index contributed by atoms with van der Waals surface area (Å²) in [6, 6.07) is 6.97. The molecule has 1 aromatic carbocycles. The van der Waals surface area contributed by atoms with Gasteiger partial charge in [-0.15, -0.1) is 0 Å². The topological polar surface area (TPSA) is 21.3 Å². The average Bonchev–Trinajstić information content (AvgIpc) is 2.26. The summed E-state index contributed by atoms with van der Waals surface area (Å²) in [4.78, 5) is 0. The van der Waals surface area contributed by atoms with E-state index in [4.69, 9.17) is 4.74 Å². The van der Waals surface area contributed by atoms with Gasteiger partial charge >= 0.3 is 0 Å². The molecule has 18 heavy (non-hydrogen) atoms. The van der Waals surface area contributed by atoms with Crippen LogP contribution in [0, 0.1) is 11.7 Å². The summed E-state index contributed by atoms with van der Waals surface area (Å²) in [6.45, 7) is 7.67. The van der Waals surface area contributed by atoms with Crippen molar-refractivity contribution < 1.29 is 9.13 Å². The molecule has 1 saturated heterocycles. The first-order chi connectivity index (χ1) is 8.62. The van der Waals surface area contributed by atoms with Gasteiger partial charge in [0.05, 0.1) is 0 Å². The maximum absolute atomic E-state index is 13.3. The number of halogens is 1. The average molecular weight is 251 g/mol. The van der Waals surface area contributed by atoms with Crippen LogP contribution in [-0.4, -0.2) is 26.3 Å². The first kappa shape index (κ1) is 13.5. The van der Waals surface area contributed by atoms with Crippen molar-refractivity contribution in [3.8, 4) is 0 Å². The fourth-order valence-electron chi connectivity index (χ4n) is 2.36. The maximum atomic E-state index is 13.3. The van der Waals surface area contributed by atoms with Gasteiger partial charge < -0.3 is 10.1 Å². The van der Waals surface area contributed by atoms with E-state index >= 15 is 0 Å². The lowest BCUT2D eigenvalue weighted by atomic mass is 9.73. The number of benzene rings is 1. The van der Waals surface area contributed by atoms with Crippen molar-refractivity contribution in [3.63, 3.8) is 0 Å². The van der Waals surface area contributed by atoms with Crippen molar-refractivity contribution >= 4 is 0 Å². The van der Waals surface area contributed by atoms with Crippen molar-refractivity contribution in [2.24, 2.45) is 5.92 Å². The normalized spacial score (nSPS) is 17.8. The Balaban J connectivity index is 1.94. The van der Waals surface area contributed by atoms with Crippen LogP contribution in [0.2, 0.25) is 0 Å². The van der Waals surface area contributed by atoms with Gasteiger partial charge in [0.15, 0.2) is 0 Å². The summed E-state index contributed by atoms with van der Waals surface area (Å²) in [5.41, 5.74) is 1.16. The van der Waals surface area contributed by atoms with E-state index in [1.807, 2.05) is 6.07 Å². The predicted octanol–water partition coefficient (Wildman–Crippen LogP) is 2.73. The summed E-state index contributed by atoms with van der Waals surface area (Å²) in [5, 5.41) is 3.29. The van der Waals surface area contributed by atoms with Crippen LogP contribution in [0.25, 0.3) is 0 Å². The van der Waals surface area contributed by atoms with E-state index in [-0.39, 0.29) is 11.2 Å². The van der Waals surface area contributed by atoms with Crippen LogP contribution in [0.3, 0.4) is 0 Å². The van der Waals surface area contributed by atoms with Crippen LogP contribution in [-0.2, 0) is 10.2 Å². The number of hydrogen-bond acceptors (Lipinski definition) is 2. The van der Waals surface area contributed by atoms with E-state index < -0.39 is 0 Å². The zero-order chi connectivity index (χ0) is 13.0. The van der Waals surface area contributed by atoms with Crippen molar-refractivity contribution in [2.75, 3.05) is 26.3 Å². The third-order valence-electron chi connectivity index (χ3n) is 3.54. The molecule has 0 saturated carbocycles. The van der Waals surface area contributed by atoms with E-state index in [1.54, 1.807) is 12.1 Å². The molecule has 2 rings (SSSR count). The molecule has 0 radical (unpaired) electrons. The molecule has 0 atom stereocenters. The largest absolute Gasteiger partial charge is 0.381 e. The van der Waals surface area contributed by atoms with Crippen LogP contribution >= 0.6 is 0 Å². The molecule has 1 N–H and O–H groups in total. The summed E-state index contributed by atoms with van der Waals surface area (Å²) >= 11 is 0. The van der Waals surface area contributed by atoms with Crippen molar-refractivity contribution in [3.05, 3.63) is 35.6 Å². The number of nitrogens with one attached hydrogen (secondary N) is 1. The maximum Gasteiger partial charge on any atom is 0.123 e. The highest BCUT2D eigenvalue weighted by molar-refractivity contribution is 5.30. The van der Waals surface area contributed by atoms with Crippen molar-refractivity contribution in [1.82, 2.24) is 5.32 Å². The van der Waals surface area contributed by atoms with Crippen LogP contribution in [0.5, 0.6) is 0 Å². The van der Waals surface area contributed by atoms with Gasteiger partial charge in [0.2, 0.25) is 0 Å². The Bertz CT molecular complexity index is 388. The fraction of sp³-hybridized carbons (Fsp3) is 0.600. The Kier molecular flexibility index (Phi) is 4.36. The fourth-order valence-corrected chi connectivity index (χ4v) is 2.36. The monoisotopic (exact) mass is 251 g/mol. The van der Waals surface area contributed by atoms with E-state index in [0.717, 1.165) is 38.3 Å². The van der Waals surface area contributed by atoms with Crippen molar-refractivity contribution in [2.45, 2.75) is 25.7 Å². The van der Waals surface area contributed by atoms with Crippen LogP contribution in [0.4, 0.5) is 4.39 Å². The predicted molar refractivity (Wildman–Crippen MR) is 71.2 cm³/mol. The van der Waals surface area contributed by atoms with Crippen molar-refractivity contribution in [1.29, 1.82) is 0 Å². The van der Waals surface area contributed by atoms with Gasteiger partial charge in [-0.3, -0.25) is 0 Å². The van der Waals surface area contributed by atoms with Crippen LogP contribution in [0.1, 0.15) is 25.8 Å². The zero-order valence-electron chi connectivity index (χ0n) is 11.2. The molecule has 0 unspecified atom stereocenters. The molecule has 0 aliphatic carbocycles. The molecule has 1 heterocycles. The first-order valence-electron chi connectivity index (χ1n) is 6.67. The minimum absolute atomic E-state index is 0.0685. The number of hydrogen-bond donors (Lipinski definition) is 1. The lowest BCUT2D eigenvalue weighted by Gasteiger charge is -2.43. The SMILES string of the molecule is CC(C)COCCC1(c2cccc(F)c2)CNC1. The number of ether oxygens (including phenoxy) is 1. The summed E-state index contributed by atoms with van der Waals surface area (Å²) in [7, 11) is 0. The lowest BCUT2D eigenvalue weighted by Crippen LogP contribution is -2.57. The van der Waals surface area contributed by atoms with E-state index in [2.05, 4.69) is 19.2 Å². The third kappa shape index (κ3) is 3.09. The summed E-state index contributed by atoms with van der Waals surface area (Å²) in [6.07, 6.45) is 0.955. The molecule has 0 amide bonds. The lowest BCUT2D eigenvalue weighted by molar-refractivity contribution is 0.0816. The smallest absolute Gasteiger partial charge is 0.123 e. The first-order valence-corrected chi connectivity index (χ1v) is 6.67. The van der Waals surface area contributed by atoms with Crippen LogP contribution < -0.4 is 5.32 Å². The standard InChI is InChI=1S/C15H22FNO/c1-12(2)9-18-7-6-15(10-17-11-15)13-4-3-5-14(16)8-13/h3-5,8,12,17H,6-7,9-11H2,1-2H3. The molecule has 1 aromatic rings. The molecule has 1 aliphatic heterocycles. The molecule has 0 spiro atoms. The van der Waals surface area contributed by atoms with Gasteiger partial charge in [-0.25, -0.2) is 4.39 Å². The second-order valence-electron chi connectivity index (χ2n) is 5.61. The Morgan fingerprint density at radius 3 is 2.72 bits per heavy atom. The summed E-state index contributed by atoms with van der Waals surface area (Å²) in [5.74, 6) is 0.413. The van der Waals surface area contributed by atoms with Crippen LogP contribution in [0.15, 0.2) is 24.3 Å². The quantitative estimate of drug-likeness (QED) is 0.785. The Hall–Kier alpha value is -0.930. The van der Waals surface area contributed by atoms with E-state index in [9.17, 15) is 4.39 Å². The van der Waals surface area contributed by atoms with Gasteiger partial charge in [-0.1, -0.05) is 26.0 Å². The Morgan fingerprint density at radius 1 is 1.39 bits per heavy atom. The molecule has 100 valence electrons. The van der Waals surface area contributed by atoms with Gasteiger partial charge in [0.25, 0.3) is 0 Å². The van der Waals surface area contributed by atoms with E-state index in [1.165, 1.54) is 6.07 Å². The van der Waals surface area contributed by atoms with Gasteiger partial charge in [0.1, 0.15) is 5.82 Å². The zero-order valence-corrected chi connectivity index (χ0v) is 11.2. The highest BCUT2D eigenvalue weighted by Gasteiger charge is 2.38. The van der Waals surface area contributed by atoms with Gasteiger partial charge in [0, 0.05) is 31.7 Å². The minimum Gasteiger partial charge on any atom is -0.381 e. The van der Waals surface area contributed by atoms with Gasteiger partial charge in [-0.05, 0) is 30.0 Å². The Morgan fingerprint density at radius 2 is 2.17 bits per heavy atom. The molecule has 1 aliphatic rings. The highest BCUT2D eigenvalue weighted by Crippen LogP contribution is 2.32. The molecule has 2 nitrogen and oxygen atoms in total. The molecule has 0 aromatic heterocycles. The molecule has 1 fully saturated rings. The molecular formula is C15H22FNO. The number of rotatable bonds is 6. The molecule has 0 bridgehead atoms. The second kappa shape index (κ2) is 5.81. The third-order valence-corrected chi connectivity index (χ3v) is 3.54.